The summed E-state index contributed by atoms with van der Waals surface area (Å²) < 4.78 is 27.8. The van der Waals surface area contributed by atoms with E-state index in [1.165, 1.54) is 19.3 Å². The van der Waals surface area contributed by atoms with Gasteiger partial charge in [-0.2, -0.15) is 0 Å². The molecule has 0 aromatic rings. The summed E-state index contributed by atoms with van der Waals surface area (Å²) in [6.07, 6.45) is 7.53. The Morgan fingerprint density at radius 2 is 1.57 bits per heavy atom. The van der Waals surface area contributed by atoms with Crippen molar-refractivity contribution in [3.63, 3.8) is 0 Å². The van der Waals surface area contributed by atoms with Crippen LogP contribution in [0, 0.1) is 65.1 Å². The van der Waals surface area contributed by atoms with E-state index in [4.69, 9.17) is 28.9 Å². The van der Waals surface area contributed by atoms with E-state index in [9.17, 15) is 5.11 Å². The molecule has 7 rings (SSSR count). The minimum atomic E-state index is -1.18. The molecule has 0 aromatic carbocycles. The van der Waals surface area contributed by atoms with Crippen LogP contribution in [-0.4, -0.2) is 54.1 Å². The summed E-state index contributed by atoms with van der Waals surface area (Å²) in [5.74, 6) is 3.93. The number of rotatable bonds is 3. The van der Waals surface area contributed by atoms with E-state index in [2.05, 4.69) is 34.3 Å². The third kappa shape index (κ3) is 5.02. The van der Waals surface area contributed by atoms with Gasteiger partial charge in [0.1, 0.15) is 12.7 Å². The monoisotopic (exact) mass is 585 g/mol. The van der Waals surface area contributed by atoms with E-state index in [0.29, 0.717) is 78.6 Å². The molecule has 7 fully saturated rings. The second kappa shape index (κ2) is 11.1. The lowest BCUT2D eigenvalue weighted by atomic mass is 9.55. The van der Waals surface area contributed by atoms with Gasteiger partial charge >= 0.3 is 0 Å². The third-order valence-electron chi connectivity index (χ3n) is 13.3. The Hall–Kier alpha value is -0.990. The van der Waals surface area contributed by atoms with Crippen LogP contribution in [0.3, 0.4) is 0 Å². The van der Waals surface area contributed by atoms with Gasteiger partial charge in [-0.25, -0.2) is 0 Å². The maximum atomic E-state index is 11.2. The van der Waals surface area contributed by atoms with Crippen molar-refractivity contribution in [3.8, 4) is 0 Å². The Morgan fingerprint density at radius 3 is 2.36 bits per heavy atom. The summed E-state index contributed by atoms with van der Waals surface area (Å²) in [5, 5.41) is 16.0. The normalized spacial score (nSPS) is 56.1. The molecule has 0 radical (unpaired) electrons. The molecule has 5 aliphatic heterocycles. The van der Waals surface area contributed by atoms with Gasteiger partial charge in [-0.05, 0) is 105 Å². The van der Waals surface area contributed by atoms with Crippen LogP contribution >= 0.6 is 0 Å². The molecule has 2 saturated carbocycles. The van der Waals surface area contributed by atoms with Crippen LogP contribution < -0.4 is 0 Å². The van der Waals surface area contributed by atoms with Crippen LogP contribution in [0.25, 0.3) is 0 Å². The Bertz CT molecular complexity index is 1060. The van der Waals surface area contributed by atoms with Crippen molar-refractivity contribution < 1.29 is 28.9 Å². The standard InChI is InChI=1S/C35H55NO6/c1-17(2)16-38-36-27-15-29-20(5)26-14-25(19(4)24-12-13-35(7,37)42-34(40-29)31(24)26)28-11-10-22-18(3)8-9-23-21(6)32(27)41-33(39-28)30(22)23/h18-26,28-34,37H,1,8-16H2,2-7H3. The van der Waals surface area contributed by atoms with Gasteiger partial charge in [-0.1, -0.05) is 45.9 Å². The number of fused-ring (bicyclic) bond motifs is 5. The van der Waals surface area contributed by atoms with Crippen molar-refractivity contribution in [2.24, 2.45) is 70.3 Å². The van der Waals surface area contributed by atoms with E-state index < -0.39 is 12.1 Å². The van der Waals surface area contributed by atoms with E-state index in [0.717, 1.165) is 30.5 Å². The fourth-order valence-electron chi connectivity index (χ4n) is 11.0. The maximum Gasteiger partial charge on any atom is 0.165 e. The minimum Gasteiger partial charge on any atom is -0.391 e. The van der Waals surface area contributed by atoms with E-state index >= 15 is 0 Å². The molecular weight excluding hydrogens is 530 g/mol. The Balaban J connectivity index is 1.33. The Labute approximate surface area is 253 Å². The lowest BCUT2D eigenvalue weighted by Gasteiger charge is -2.57. The predicted molar refractivity (Wildman–Crippen MR) is 160 cm³/mol. The summed E-state index contributed by atoms with van der Waals surface area (Å²) in [5.41, 5.74) is 1.87. The number of hydrogen-bond donors (Lipinski definition) is 1. The van der Waals surface area contributed by atoms with Gasteiger partial charge in [-0.3, -0.25) is 0 Å². The lowest BCUT2D eigenvalue weighted by Crippen LogP contribution is -2.59. The molecule has 0 amide bonds. The van der Waals surface area contributed by atoms with Crippen molar-refractivity contribution in [3.05, 3.63) is 12.2 Å². The summed E-state index contributed by atoms with van der Waals surface area (Å²) in [4.78, 5) is 5.92. The molecule has 0 aromatic heterocycles. The molecule has 2 aliphatic carbocycles. The summed E-state index contributed by atoms with van der Waals surface area (Å²) in [6.45, 7) is 17.9. The first kappa shape index (κ1) is 29.7. The molecule has 0 spiro atoms. The van der Waals surface area contributed by atoms with Gasteiger partial charge in [0, 0.05) is 24.7 Å². The SMILES string of the molecule is C=C(C)CON=C1CC2OC3OC(C)(O)CCC4C(C)C(CC(C2C)C34)C2CCC3C(C)CCC4C(C)C1OC(O2)C34. The highest BCUT2D eigenvalue weighted by molar-refractivity contribution is 5.89. The van der Waals surface area contributed by atoms with Crippen LogP contribution in [0.1, 0.15) is 92.9 Å². The number of ether oxygens (including phenoxy) is 4. The molecule has 17 atom stereocenters. The van der Waals surface area contributed by atoms with Gasteiger partial charge in [0.25, 0.3) is 0 Å². The second-order valence-corrected chi connectivity index (χ2v) is 15.9. The summed E-state index contributed by atoms with van der Waals surface area (Å²) in [6, 6.07) is 0. The highest BCUT2D eigenvalue weighted by Crippen LogP contribution is 2.59. The van der Waals surface area contributed by atoms with Crippen molar-refractivity contribution in [2.45, 2.75) is 130 Å². The van der Waals surface area contributed by atoms with Crippen molar-refractivity contribution in [1.82, 2.24) is 0 Å². The van der Waals surface area contributed by atoms with Gasteiger partial charge < -0.3 is 28.9 Å². The Morgan fingerprint density at radius 1 is 0.857 bits per heavy atom. The zero-order valence-corrected chi connectivity index (χ0v) is 26.7. The molecule has 5 saturated heterocycles. The number of aliphatic hydroxyl groups is 1. The zero-order chi connectivity index (χ0) is 29.5. The lowest BCUT2D eigenvalue weighted by molar-refractivity contribution is -0.339. The molecule has 42 heavy (non-hydrogen) atoms. The minimum absolute atomic E-state index is 0.0814. The van der Waals surface area contributed by atoms with Crippen LogP contribution in [0.4, 0.5) is 0 Å². The van der Waals surface area contributed by atoms with E-state index in [1.54, 1.807) is 0 Å². The average Bonchev–Trinajstić information content (AvgIpc) is 3.20. The molecule has 5 heterocycles. The number of nitrogens with zero attached hydrogens (tertiary/aromatic N) is 1. The number of hydrogen-bond acceptors (Lipinski definition) is 7. The van der Waals surface area contributed by atoms with Crippen molar-refractivity contribution in [2.75, 3.05) is 6.61 Å². The van der Waals surface area contributed by atoms with Gasteiger partial charge in [0.05, 0.1) is 17.9 Å². The molecule has 236 valence electrons. The van der Waals surface area contributed by atoms with E-state index in [-0.39, 0.29) is 30.5 Å². The molecule has 7 aliphatic rings. The van der Waals surface area contributed by atoms with Crippen LogP contribution in [0.2, 0.25) is 0 Å². The quantitative estimate of drug-likeness (QED) is 0.299. The highest BCUT2D eigenvalue weighted by atomic mass is 16.7. The van der Waals surface area contributed by atoms with Crippen LogP contribution in [-0.2, 0) is 23.8 Å². The molecule has 1 N–H and O–H groups in total. The van der Waals surface area contributed by atoms with Crippen molar-refractivity contribution >= 4 is 5.71 Å². The predicted octanol–water partition coefficient (Wildman–Crippen LogP) is 6.54. The topological polar surface area (TPSA) is 78.7 Å². The van der Waals surface area contributed by atoms with Gasteiger partial charge in [0.2, 0.25) is 0 Å². The molecular formula is C35H55NO6. The summed E-state index contributed by atoms with van der Waals surface area (Å²) >= 11 is 0. The van der Waals surface area contributed by atoms with E-state index in [1.807, 2.05) is 13.8 Å². The highest BCUT2D eigenvalue weighted by Gasteiger charge is 2.60. The Kier molecular flexibility index (Phi) is 7.86. The van der Waals surface area contributed by atoms with Gasteiger partial charge in [0.15, 0.2) is 18.4 Å². The van der Waals surface area contributed by atoms with Crippen LogP contribution in [0.5, 0.6) is 0 Å². The maximum absolute atomic E-state index is 11.2. The molecule has 7 heteroatoms. The summed E-state index contributed by atoms with van der Waals surface area (Å²) in [7, 11) is 0. The first-order chi connectivity index (χ1) is 20.0. The third-order valence-corrected chi connectivity index (χ3v) is 13.3. The van der Waals surface area contributed by atoms with Crippen molar-refractivity contribution in [1.29, 1.82) is 0 Å². The fourth-order valence-corrected chi connectivity index (χ4v) is 11.0. The first-order valence-electron chi connectivity index (χ1n) is 17.2. The number of oxime groups is 1. The fraction of sp³-hybridized carbons (Fsp3) is 0.914. The molecule has 17 unspecified atom stereocenters. The smallest absolute Gasteiger partial charge is 0.165 e. The second-order valence-electron chi connectivity index (χ2n) is 15.9. The molecule has 6 bridgehead atoms. The average molecular weight is 586 g/mol. The first-order valence-corrected chi connectivity index (χ1v) is 17.2. The largest absolute Gasteiger partial charge is 0.391 e. The molecule has 7 nitrogen and oxygen atoms in total. The van der Waals surface area contributed by atoms with Gasteiger partial charge in [-0.15, -0.1) is 0 Å². The zero-order valence-electron chi connectivity index (χ0n) is 26.7. The van der Waals surface area contributed by atoms with Crippen LogP contribution in [0.15, 0.2) is 17.3 Å².